The topological polar surface area (TPSA) is 98.7 Å². The minimum Gasteiger partial charge on any atom is -0.507 e. The van der Waals surface area contributed by atoms with E-state index in [9.17, 15) is 19.5 Å². The molecule has 0 radical (unpaired) electrons. The minimum atomic E-state index is -0.577. The molecule has 0 aromatic heterocycles. The van der Waals surface area contributed by atoms with E-state index in [-0.39, 0.29) is 17.2 Å². The first-order chi connectivity index (χ1) is 12.3. The average Bonchev–Trinajstić information content (AvgIpc) is 2.62. The predicted molar refractivity (Wildman–Crippen MR) is 99.3 cm³/mol. The summed E-state index contributed by atoms with van der Waals surface area (Å²) in [6, 6.07) is 10.6. The molecular weight excluding hydrogens is 334 g/mol. The van der Waals surface area contributed by atoms with Crippen LogP contribution in [-0.2, 0) is 4.79 Å². The molecule has 0 fully saturated rings. The van der Waals surface area contributed by atoms with Crippen LogP contribution in [0.25, 0.3) is 0 Å². The quantitative estimate of drug-likeness (QED) is 0.568. The Morgan fingerprint density at radius 2 is 1.73 bits per heavy atom. The first-order valence-corrected chi connectivity index (χ1v) is 7.71. The number of nitrogens with zero attached hydrogens (tertiary/aromatic N) is 1. The highest BCUT2D eigenvalue weighted by atomic mass is 16.3. The summed E-state index contributed by atoms with van der Waals surface area (Å²) in [6.45, 7) is 3.35. The number of amides is 3. The molecule has 2 rings (SSSR count). The molecule has 26 heavy (non-hydrogen) atoms. The molecule has 0 unspecified atom stereocenters. The van der Waals surface area contributed by atoms with Crippen molar-refractivity contribution in [3.8, 4) is 5.75 Å². The number of phenolic OH excluding ortho intramolecular Hbond substituents is 1. The van der Waals surface area contributed by atoms with Crippen molar-refractivity contribution in [3.63, 3.8) is 0 Å². The molecule has 0 aliphatic rings. The number of anilines is 2. The first-order valence-electron chi connectivity index (χ1n) is 7.71. The number of phenols is 1. The molecule has 0 saturated carbocycles. The molecule has 0 aliphatic carbocycles. The zero-order valence-electron chi connectivity index (χ0n) is 14.4. The van der Waals surface area contributed by atoms with E-state index in [0.29, 0.717) is 16.9 Å². The number of hydrogen-bond donors (Lipinski definition) is 3. The van der Waals surface area contributed by atoms with Crippen LogP contribution in [0.15, 0.2) is 55.1 Å². The second kappa shape index (κ2) is 7.98. The van der Waals surface area contributed by atoms with Crippen molar-refractivity contribution in [2.75, 3.05) is 24.7 Å². The van der Waals surface area contributed by atoms with E-state index in [1.165, 1.54) is 23.1 Å². The molecule has 3 amide bonds. The predicted octanol–water partition coefficient (Wildman–Crippen LogP) is 2.47. The minimum absolute atomic E-state index is 0.0174. The zero-order chi connectivity index (χ0) is 19.3. The molecule has 0 saturated heterocycles. The molecule has 0 atom stereocenters. The first kappa shape index (κ1) is 18.7. The normalized spacial score (nSPS) is 9.92. The summed E-state index contributed by atoms with van der Waals surface area (Å²) in [5.74, 6) is -1.44. The number of hydrogen-bond acceptors (Lipinski definition) is 4. The van der Waals surface area contributed by atoms with Crippen LogP contribution in [-0.4, -0.2) is 41.8 Å². The van der Waals surface area contributed by atoms with Crippen LogP contribution in [0.3, 0.4) is 0 Å². The molecule has 134 valence electrons. The van der Waals surface area contributed by atoms with Crippen LogP contribution in [0.5, 0.6) is 5.75 Å². The van der Waals surface area contributed by atoms with Crippen molar-refractivity contribution in [1.29, 1.82) is 0 Å². The molecule has 3 N–H and O–H groups in total. The van der Waals surface area contributed by atoms with Crippen molar-refractivity contribution < 1.29 is 19.5 Å². The SMILES string of the molecule is C=CC(=O)Nc1ccc(O)c(C(=O)Nc2cccc(C(=O)N(C)C)c2)c1. The van der Waals surface area contributed by atoms with Crippen LogP contribution < -0.4 is 10.6 Å². The van der Waals surface area contributed by atoms with Crippen molar-refractivity contribution >= 4 is 29.1 Å². The highest BCUT2D eigenvalue weighted by Gasteiger charge is 2.14. The van der Waals surface area contributed by atoms with Gasteiger partial charge in [-0.05, 0) is 42.5 Å². The summed E-state index contributed by atoms with van der Waals surface area (Å²) in [6.07, 6.45) is 1.10. The Labute approximate surface area is 150 Å². The summed E-state index contributed by atoms with van der Waals surface area (Å²) < 4.78 is 0. The number of rotatable bonds is 5. The van der Waals surface area contributed by atoms with Gasteiger partial charge < -0.3 is 20.6 Å². The highest BCUT2D eigenvalue weighted by molar-refractivity contribution is 6.08. The lowest BCUT2D eigenvalue weighted by atomic mass is 10.1. The van der Waals surface area contributed by atoms with Gasteiger partial charge in [0.2, 0.25) is 5.91 Å². The fourth-order valence-electron chi connectivity index (χ4n) is 2.18. The van der Waals surface area contributed by atoms with E-state index in [1.54, 1.807) is 38.4 Å². The summed E-state index contributed by atoms with van der Waals surface area (Å²) >= 11 is 0. The molecular formula is C19H19N3O4. The Bertz CT molecular complexity index is 875. The fraction of sp³-hybridized carbons (Fsp3) is 0.105. The molecule has 2 aromatic rings. The van der Waals surface area contributed by atoms with Gasteiger partial charge in [0, 0.05) is 31.0 Å². The second-order valence-electron chi connectivity index (χ2n) is 5.66. The fourth-order valence-corrected chi connectivity index (χ4v) is 2.18. The van der Waals surface area contributed by atoms with Gasteiger partial charge in [-0.1, -0.05) is 12.6 Å². The van der Waals surface area contributed by atoms with Crippen molar-refractivity contribution in [2.45, 2.75) is 0 Å². The van der Waals surface area contributed by atoms with Gasteiger partial charge in [-0.15, -0.1) is 0 Å². The standard InChI is InChI=1S/C19H19N3O4/c1-4-17(24)20-14-8-9-16(23)15(11-14)18(25)21-13-7-5-6-12(10-13)19(26)22(2)3/h4-11,23H,1H2,2-3H3,(H,20,24)(H,21,25). The lowest BCUT2D eigenvalue weighted by Crippen LogP contribution is -2.22. The smallest absolute Gasteiger partial charge is 0.259 e. The van der Waals surface area contributed by atoms with Gasteiger partial charge in [-0.3, -0.25) is 14.4 Å². The van der Waals surface area contributed by atoms with E-state index < -0.39 is 11.8 Å². The van der Waals surface area contributed by atoms with Gasteiger partial charge in [-0.25, -0.2) is 0 Å². The third-order valence-electron chi connectivity index (χ3n) is 3.47. The van der Waals surface area contributed by atoms with Crippen molar-refractivity contribution in [1.82, 2.24) is 4.90 Å². The van der Waals surface area contributed by atoms with Gasteiger partial charge in [-0.2, -0.15) is 0 Å². The van der Waals surface area contributed by atoms with E-state index in [0.717, 1.165) is 6.08 Å². The lowest BCUT2D eigenvalue weighted by Gasteiger charge is -2.12. The Morgan fingerprint density at radius 1 is 1.04 bits per heavy atom. The van der Waals surface area contributed by atoms with E-state index in [1.807, 2.05) is 0 Å². The number of aromatic hydroxyl groups is 1. The van der Waals surface area contributed by atoms with Crippen LogP contribution in [0.4, 0.5) is 11.4 Å². The zero-order valence-corrected chi connectivity index (χ0v) is 14.4. The Kier molecular flexibility index (Phi) is 5.74. The average molecular weight is 353 g/mol. The molecule has 0 bridgehead atoms. The Morgan fingerprint density at radius 3 is 2.38 bits per heavy atom. The number of carbonyl (C=O) groups excluding carboxylic acids is 3. The molecule has 7 heteroatoms. The van der Waals surface area contributed by atoms with Gasteiger partial charge in [0.1, 0.15) is 5.75 Å². The van der Waals surface area contributed by atoms with Gasteiger partial charge in [0.05, 0.1) is 5.56 Å². The van der Waals surface area contributed by atoms with Crippen LogP contribution in [0.2, 0.25) is 0 Å². The molecule has 0 aliphatic heterocycles. The highest BCUT2D eigenvalue weighted by Crippen LogP contribution is 2.23. The van der Waals surface area contributed by atoms with E-state index in [2.05, 4.69) is 17.2 Å². The maximum absolute atomic E-state index is 12.5. The summed E-state index contributed by atoms with van der Waals surface area (Å²) in [5, 5.41) is 15.1. The third-order valence-corrected chi connectivity index (χ3v) is 3.47. The second-order valence-corrected chi connectivity index (χ2v) is 5.66. The monoisotopic (exact) mass is 353 g/mol. The Balaban J connectivity index is 2.23. The van der Waals surface area contributed by atoms with E-state index in [4.69, 9.17) is 0 Å². The van der Waals surface area contributed by atoms with Crippen LogP contribution in [0, 0.1) is 0 Å². The molecule has 2 aromatic carbocycles. The van der Waals surface area contributed by atoms with Crippen molar-refractivity contribution in [3.05, 3.63) is 66.2 Å². The summed E-state index contributed by atoms with van der Waals surface area (Å²) in [4.78, 5) is 37.3. The third kappa shape index (κ3) is 4.47. The number of nitrogens with one attached hydrogen (secondary N) is 2. The van der Waals surface area contributed by atoms with Crippen molar-refractivity contribution in [2.24, 2.45) is 0 Å². The van der Waals surface area contributed by atoms with Crippen LogP contribution in [0.1, 0.15) is 20.7 Å². The maximum Gasteiger partial charge on any atom is 0.259 e. The van der Waals surface area contributed by atoms with Gasteiger partial charge >= 0.3 is 0 Å². The molecule has 0 heterocycles. The van der Waals surface area contributed by atoms with Crippen LogP contribution >= 0.6 is 0 Å². The van der Waals surface area contributed by atoms with Gasteiger partial charge in [0.25, 0.3) is 11.8 Å². The van der Waals surface area contributed by atoms with E-state index >= 15 is 0 Å². The Hall–Kier alpha value is -3.61. The number of benzene rings is 2. The van der Waals surface area contributed by atoms with Gasteiger partial charge in [0.15, 0.2) is 0 Å². The lowest BCUT2D eigenvalue weighted by molar-refractivity contribution is -0.111. The molecule has 0 spiro atoms. The summed E-state index contributed by atoms with van der Waals surface area (Å²) in [7, 11) is 3.27. The summed E-state index contributed by atoms with van der Waals surface area (Å²) in [5.41, 5.74) is 1.15. The largest absolute Gasteiger partial charge is 0.507 e. The maximum atomic E-state index is 12.5. The number of carbonyl (C=O) groups is 3. The molecule has 7 nitrogen and oxygen atoms in total.